The third-order valence-corrected chi connectivity index (χ3v) is 5.28. The SMILES string of the molecule is Nc1cc(F)c(S(=O)(=O)N2CCCC(CO)C2)c(F)c1. The summed E-state index contributed by atoms with van der Waals surface area (Å²) in [6.07, 6.45) is 1.23. The Bertz CT molecular complexity index is 584. The number of rotatable bonds is 3. The molecule has 112 valence electrons. The molecule has 1 fully saturated rings. The highest BCUT2D eigenvalue weighted by Crippen LogP contribution is 2.28. The maximum Gasteiger partial charge on any atom is 0.248 e. The summed E-state index contributed by atoms with van der Waals surface area (Å²) in [5, 5.41) is 9.10. The van der Waals surface area contributed by atoms with Crippen molar-refractivity contribution in [3.8, 4) is 0 Å². The number of nitrogen functional groups attached to an aromatic ring is 1. The molecule has 0 bridgehead atoms. The Labute approximate surface area is 116 Å². The van der Waals surface area contributed by atoms with Crippen LogP contribution in [-0.4, -0.2) is 37.5 Å². The Morgan fingerprint density at radius 3 is 2.50 bits per heavy atom. The summed E-state index contributed by atoms with van der Waals surface area (Å²) in [7, 11) is -4.27. The van der Waals surface area contributed by atoms with Gasteiger partial charge in [-0.25, -0.2) is 17.2 Å². The predicted octanol–water partition coefficient (Wildman–Crippen LogP) is 0.940. The van der Waals surface area contributed by atoms with E-state index in [1.165, 1.54) is 0 Å². The zero-order valence-electron chi connectivity index (χ0n) is 10.7. The van der Waals surface area contributed by atoms with Crippen molar-refractivity contribution in [2.24, 2.45) is 5.92 Å². The molecule has 5 nitrogen and oxygen atoms in total. The molecular formula is C12H16F2N2O3S. The minimum absolute atomic E-state index is 0.0576. The van der Waals surface area contributed by atoms with Crippen LogP contribution in [0.4, 0.5) is 14.5 Å². The first kappa shape index (κ1) is 15.1. The molecule has 20 heavy (non-hydrogen) atoms. The summed E-state index contributed by atoms with van der Waals surface area (Å²) in [5.41, 5.74) is 5.10. The first-order valence-electron chi connectivity index (χ1n) is 6.21. The van der Waals surface area contributed by atoms with Gasteiger partial charge in [-0.2, -0.15) is 4.31 Å². The molecule has 3 N–H and O–H groups in total. The Morgan fingerprint density at radius 1 is 1.35 bits per heavy atom. The minimum Gasteiger partial charge on any atom is -0.399 e. The average Bonchev–Trinajstić information content (AvgIpc) is 2.37. The first-order valence-corrected chi connectivity index (χ1v) is 7.65. The zero-order valence-corrected chi connectivity index (χ0v) is 11.5. The van der Waals surface area contributed by atoms with Crippen molar-refractivity contribution in [1.82, 2.24) is 4.31 Å². The van der Waals surface area contributed by atoms with Gasteiger partial charge in [0.05, 0.1) is 0 Å². The van der Waals surface area contributed by atoms with E-state index in [4.69, 9.17) is 10.8 Å². The second-order valence-corrected chi connectivity index (χ2v) is 6.74. The molecule has 1 heterocycles. The number of hydrogen-bond donors (Lipinski definition) is 2. The highest BCUT2D eigenvalue weighted by atomic mass is 32.2. The Balaban J connectivity index is 2.40. The van der Waals surface area contributed by atoms with E-state index >= 15 is 0 Å². The highest BCUT2D eigenvalue weighted by Gasteiger charge is 2.34. The first-order chi connectivity index (χ1) is 9.36. The number of aliphatic hydroxyl groups is 1. The monoisotopic (exact) mass is 306 g/mol. The summed E-state index contributed by atoms with van der Waals surface area (Å²) >= 11 is 0. The molecule has 8 heteroatoms. The van der Waals surface area contributed by atoms with E-state index in [0.29, 0.717) is 12.8 Å². The second-order valence-electron chi connectivity index (χ2n) is 4.87. The number of hydrogen-bond acceptors (Lipinski definition) is 4. The molecule has 1 unspecified atom stereocenters. The van der Waals surface area contributed by atoms with Gasteiger partial charge in [0.25, 0.3) is 0 Å². The fourth-order valence-corrected chi connectivity index (χ4v) is 3.99. The number of benzene rings is 1. The molecule has 2 rings (SSSR count). The number of anilines is 1. The van der Waals surface area contributed by atoms with Gasteiger partial charge in [-0.1, -0.05) is 0 Å². The molecule has 0 aliphatic carbocycles. The fourth-order valence-electron chi connectivity index (χ4n) is 2.35. The molecule has 1 atom stereocenters. The summed E-state index contributed by atoms with van der Waals surface area (Å²) in [6.45, 7) is 0.0862. The van der Waals surface area contributed by atoms with E-state index in [1.54, 1.807) is 0 Å². The van der Waals surface area contributed by atoms with E-state index in [0.717, 1.165) is 16.4 Å². The van der Waals surface area contributed by atoms with E-state index in [2.05, 4.69) is 0 Å². The van der Waals surface area contributed by atoms with Gasteiger partial charge in [0.2, 0.25) is 10.0 Å². The maximum atomic E-state index is 13.8. The number of aliphatic hydroxyl groups excluding tert-OH is 1. The second kappa shape index (κ2) is 5.63. The topological polar surface area (TPSA) is 83.6 Å². The summed E-state index contributed by atoms with van der Waals surface area (Å²) < 4.78 is 53.2. The van der Waals surface area contributed by atoms with Crippen LogP contribution in [0.2, 0.25) is 0 Å². The lowest BCUT2D eigenvalue weighted by molar-refractivity contribution is 0.165. The van der Waals surface area contributed by atoms with E-state index in [9.17, 15) is 17.2 Å². The molecule has 0 radical (unpaired) electrons. The van der Waals surface area contributed by atoms with Crippen molar-refractivity contribution < 1.29 is 22.3 Å². The van der Waals surface area contributed by atoms with Gasteiger partial charge >= 0.3 is 0 Å². The third-order valence-electron chi connectivity index (χ3n) is 3.36. The van der Waals surface area contributed by atoms with Crippen LogP contribution in [0.15, 0.2) is 17.0 Å². The van der Waals surface area contributed by atoms with Gasteiger partial charge < -0.3 is 10.8 Å². The van der Waals surface area contributed by atoms with Crippen LogP contribution < -0.4 is 5.73 Å². The number of halogens is 2. The Kier molecular flexibility index (Phi) is 4.26. The Morgan fingerprint density at radius 2 is 1.95 bits per heavy atom. The van der Waals surface area contributed by atoms with E-state index < -0.39 is 26.6 Å². The summed E-state index contributed by atoms with van der Waals surface area (Å²) in [5.74, 6) is -2.61. The minimum atomic E-state index is -4.27. The van der Waals surface area contributed by atoms with Crippen LogP contribution in [0.3, 0.4) is 0 Å². The van der Waals surface area contributed by atoms with Crippen LogP contribution in [0, 0.1) is 17.6 Å². The summed E-state index contributed by atoms with van der Waals surface area (Å²) in [4.78, 5) is -0.981. The lowest BCUT2D eigenvalue weighted by atomic mass is 10.0. The van der Waals surface area contributed by atoms with Gasteiger partial charge in [-0.3, -0.25) is 0 Å². The molecule has 1 aromatic carbocycles. The fraction of sp³-hybridized carbons (Fsp3) is 0.500. The quantitative estimate of drug-likeness (QED) is 0.814. The van der Waals surface area contributed by atoms with Gasteiger partial charge in [0, 0.05) is 25.4 Å². The van der Waals surface area contributed by atoms with Crippen LogP contribution in [-0.2, 0) is 10.0 Å². The number of sulfonamides is 1. The normalized spacial score (nSPS) is 21.1. The number of piperidine rings is 1. The zero-order chi connectivity index (χ0) is 14.9. The lowest BCUT2D eigenvalue weighted by Gasteiger charge is -2.31. The van der Waals surface area contributed by atoms with Gasteiger partial charge in [-0.05, 0) is 30.9 Å². The Hall–Kier alpha value is -1.25. The molecule has 1 saturated heterocycles. The number of nitrogens with zero attached hydrogens (tertiary/aromatic N) is 1. The predicted molar refractivity (Wildman–Crippen MR) is 69.3 cm³/mol. The summed E-state index contributed by atoms with van der Waals surface area (Å²) in [6, 6.07) is 1.56. The van der Waals surface area contributed by atoms with Crippen LogP contribution in [0.1, 0.15) is 12.8 Å². The molecule has 0 saturated carbocycles. The maximum absolute atomic E-state index is 13.8. The van der Waals surface area contributed by atoms with E-state index in [1.807, 2.05) is 0 Å². The lowest BCUT2D eigenvalue weighted by Crippen LogP contribution is -2.41. The standard InChI is InChI=1S/C12H16F2N2O3S/c13-10-4-9(15)5-11(14)12(10)20(18,19)16-3-1-2-8(6-16)7-17/h4-5,8,17H,1-3,6-7,15H2. The molecule has 1 aromatic rings. The van der Waals surface area contributed by atoms with Crippen molar-refractivity contribution in [3.05, 3.63) is 23.8 Å². The van der Waals surface area contributed by atoms with Crippen molar-refractivity contribution >= 4 is 15.7 Å². The smallest absolute Gasteiger partial charge is 0.248 e. The van der Waals surface area contributed by atoms with Gasteiger partial charge in [-0.15, -0.1) is 0 Å². The number of nitrogens with two attached hydrogens (primary N) is 1. The molecule has 0 spiro atoms. The molecule has 1 aliphatic heterocycles. The van der Waals surface area contributed by atoms with Crippen LogP contribution in [0.25, 0.3) is 0 Å². The molecular weight excluding hydrogens is 290 g/mol. The van der Waals surface area contributed by atoms with Crippen molar-refractivity contribution in [2.45, 2.75) is 17.7 Å². The largest absolute Gasteiger partial charge is 0.399 e. The van der Waals surface area contributed by atoms with Crippen molar-refractivity contribution in [1.29, 1.82) is 0 Å². The molecule has 0 amide bonds. The van der Waals surface area contributed by atoms with Crippen LogP contribution in [0.5, 0.6) is 0 Å². The van der Waals surface area contributed by atoms with Gasteiger partial charge in [0.15, 0.2) is 4.90 Å². The van der Waals surface area contributed by atoms with Gasteiger partial charge in [0.1, 0.15) is 11.6 Å². The van der Waals surface area contributed by atoms with E-state index in [-0.39, 0.29) is 31.3 Å². The highest BCUT2D eigenvalue weighted by molar-refractivity contribution is 7.89. The molecule has 1 aliphatic rings. The molecule has 0 aromatic heterocycles. The average molecular weight is 306 g/mol. The van der Waals surface area contributed by atoms with Crippen LogP contribution >= 0.6 is 0 Å². The third kappa shape index (κ3) is 2.77. The van der Waals surface area contributed by atoms with Crippen molar-refractivity contribution in [2.75, 3.05) is 25.4 Å². The van der Waals surface area contributed by atoms with Crippen molar-refractivity contribution in [3.63, 3.8) is 0 Å².